The number of benzene rings is 3. The van der Waals surface area contributed by atoms with E-state index in [1.165, 1.54) is 0 Å². The Kier molecular flexibility index (Phi) is 4.42. The smallest absolute Gasteiger partial charge is 0.255 e. The molecule has 1 heterocycles. The van der Waals surface area contributed by atoms with Gasteiger partial charge in [-0.2, -0.15) is 0 Å². The molecule has 4 rings (SSSR count). The van der Waals surface area contributed by atoms with Gasteiger partial charge in [-0.3, -0.25) is 4.79 Å². The molecular weight excluding hydrogens is 360 g/mol. The molecule has 0 aliphatic carbocycles. The number of carbonyl (C=O) groups excluding carboxylic acids is 1. The summed E-state index contributed by atoms with van der Waals surface area (Å²) in [6.45, 7) is 3.91. The third-order valence-corrected chi connectivity index (χ3v) is 4.86. The van der Waals surface area contributed by atoms with Crippen molar-refractivity contribution in [2.24, 2.45) is 0 Å². The van der Waals surface area contributed by atoms with Crippen LogP contribution in [0.15, 0.2) is 65.1 Å². The summed E-state index contributed by atoms with van der Waals surface area (Å²) in [5, 5.41) is 3.45. The maximum Gasteiger partial charge on any atom is 0.255 e. The van der Waals surface area contributed by atoms with E-state index in [4.69, 9.17) is 16.0 Å². The number of hydrogen-bond donors (Lipinski definition) is 1. The number of aromatic nitrogens is 1. The largest absolute Gasteiger partial charge is 0.436 e. The number of amides is 1. The van der Waals surface area contributed by atoms with E-state index in [9.17, 15) is 4.79 Å². The van der Waals surface area contributed by atoms with E-state index in [0.29, 0.717) is 33.3 Å². The van der Waals surface area contributed by atoms with E-state index in [-0.39, 0.29) is 5.91 Å². The summed E-state index contributed by atoms with van der Waals surface area (Å²) in [5.74, 6) is 0.343. The fraction of sp³-hybridized carbons (Fsp3) is 0.0909. The zero-order valence-electron chi connectivity index (χ0n) is 14.9. The van der Waals surface area contributed by atoms with Crippen LogP contribution < -0.4 is 5.32 Å². The number of carbonyl (C=O) groups is 1. The Bertz CT molecular complexity index is 1160. The van der Waals surface area contributed by atoms with Crippen LogP contribution >= 0.6 is 11.6 Å². The summed E-state index contributed by atoms with van der Waals surface area (Å²) in [5.41, 5.74) is 5.49. The van der Waals surface area contributed by atoms with Crippen LogP contribution in [0.1, 0.15) is 21.5 Å². The number of anilines is 1. The summed E-state index contributed by atoms with van der Waals surface area (Å²) < 4.78 is 5.87. The molecule has 0 spiro atoms. The number of rotatable bonds is 3. The molecule has 27 heavy (non-hydrogen) atoms. The average molecular weight is 377 g/mol. The van der Waals surface area contributed by atoms with Crippen LogP contribution in [-0.2, 0) is 0 Å². The molecule has 1 amide bonds. The molecule has 1 aromatic heterocycles. The van der Waals surface area contributed by atoms with Crippen molar-refractivity contribution in [1.82, 2.24) is 4.98 Å². The van der Waals surface area contributed by atoms with Gasteiger partial charge < -0.3 is 9.73 Å². The number of halogens is 1. The fourth-order valence-corrected chi connectivity index (χ4v) is 3.05. The number of nitrogens with zero attached hydrogens (tertiary/aromatic N) is 1. The Labute approximate surface area is 161 Å². The lowest BCUT2D eigenvalue weighted by Crippen LogP contribution is -2.11. The highest BCUT2D eigenvalue weighted by Crippen LogP contribution is 2.28. The number of fused-ring (bicyclic) bond motifs is 1. The monoisotopic (exact) mass is 376 g/mol. The van der Waals surface area contributed by atoms with Gasteiger partial charge >= 0.3 is 0 Å². The van der Waals surface area contributed by atoms with Gasteiger partial charge in [0, 0.05) is 21.8 Å². The van der Waals surface area contributed by atoms with Gasteiger partial charge in [-0.05, 0) is 61.4 Å². The lowest BCUT2D eigenvalue weighted by atomic mass is 10.1. The second kappa shape index (κ2) is 6.89. The number of nitrogens with one attached hydrogen (secondary N) is 1. The van der Waals surface area contributed by atoms with Crippen LogP contribution in [0.3, 0.4) is 0 Å². The Morgan fingerprint density at radius 2 is 1.81 bits per heavy atom. The molecule has 0 unspecified atom stereocenters. The van der Waals surface area contributed by atoms with Gasteiger partial charge in [0.2, 0.25) is 5.89 Å². The van der Waals surface area contributed by atoms with E-state index in [0.717, 1.165) is 16.7 Å². The van der Waals surface area contributed by atoms with Crippen molar-refractivity contribution in [1.29, 1.82) is 0 Å². The SMILES string of the molecule is Cc1ccc(C(=O)Nc2ccc3oc(-c4ccccc4C)nc3c2)cc1Cl. The maximum absolute atomic E-state index is 12.5. The fourth-order valence-electron chi connectivity index (χ4n) is 2.87. The van der Waals surface area contributed by atoms with Crippen LogP contribution in [0.25, 0.3) is 22.6 Å². The van der Waals surface area contributed by atoms with Crippen LogP contribution in [-0.4, -0.2) is 10.9 Å². The first-order chi connectivity index (χ1) is 13.0. The van der Waals surface area contributed by atoms with Crippen molar-refractivity contribution in [3.8, 4) is 11.5 Å². The Morgan fingerprint density at radius 1 is 1.00 bits per heavy atom. The number of hydrogen-bond acceptors (Lipinski definition) is 3. The van der Waals surface area contributed by atoms with Gasteiger partial charge in [0.1, 0.15) is 5.52 Å². The minimum absolute atomic E-state index is 0.223. The van der Waals surface area contributed by atoms with Gasteiger partial charge in [0.05, 0.1) is 0 Å². The van der Waals surface area contributed by atoms with Gasteiger partial charge in [-0.25, -0.2) is 4.98 Å². The normalized spacial score (nSPS) is 10.9. The third kappa shape index (κ3) is 3.44. The zero-order chi connectivity index (χ0) is 19.0. The van der Waals surface area contributed by atoms with Crippen molar-refractivity contribution >= 4 is 34.3 Å². The maximum atomic E-state index is 12.5. The summed E-state index contributed by atoms with van der Waals surface area (Å²) in [4.78, 5) is 17.0. The van der Waals surface area contributed by atoms with Crippen molar-refractivity contribution in [3.63, 3.8) is 0 Å². The summed E-state index contributed by atoms with van der Waals surface area (Å²) in [7, 11) is 0. The van der Waals surface area contributed by atoms with Crippen LogP contribution in [0.2, 0.25) is 5.02 Å². The summed E-state index contributed by atoms with van der Waals surface area (Å²) >= 11 is 6.11. The average Bonchev–Trinajstić information content (AvgIpc) is 3.07. The van der Waals surface area contributed by atoms with Crippen LogP contribution in [0.5, 0.6) is 0 Å². The Morgan fingerprint density at radius 3 is 2.59 bits per heavy atom. The quantitative estimate of drug-likeness (QED) is 0.475. The highest BCUT2D eigenvalue weighted by molar-refractivity contribution is 6.31. The zero-order valence-corrected chi connectivity index (χ0v) is 15.7. The summed E-state index contributed by atoms with van der Waals surface area (Å²) in [6, 6.07) is 18.6. The minimum atomic E-state index is -0.223. The first kappa shape index (κ1) is 17.3. The molecule has 0 aliphatic heterocycles. The Balaban J connectivity index is 1.62. The summed E-state index contributed by atoms with van der Waals surface area (Å²) in [6.07, 6.45) is 0. The third-order valence-electron chi connectivity index (χ3n) is 4.45. The molecule has 0 saturated carbocycles. The molecule has 0 saturated heterocycles. The first-order valence-electron chi connectivity index (χ1n) is 8.55. The molecule has 5 heteroatoms. The second-order valence-electron chi connectivity index (χ2n) is 6.43. The molecule has 134 valence electrons. The first-order valence-corrected chi connectivity index (χ1v) is 8.93. The van der Waals surface area contributed by atoms with Crippen molar-refractivity contribution in [2.45, 2.75) is 13.8 Å². The van der Waals surface area contributed by atoms with E-state index < -0.39 is 0 Å². The van der Waals surface area contributed by atoms with Gasteiger partial charge in [-0.1, -0.05) is 35.9 Å². The topological polar surface area (TPSA) is 55.1 Å². The van der Waals surface area contributed by atoms with Gasteiger partial charge in [-0.15, -0.1) is 0 Å². The standard InChI is InChI=1S/C22H17ClN2O2/c1-13-5-3-4-6-17(13)22-25-19-12-16(9-10-20(19)27-22)24-21(26)15-8-7-14(2)18(23)11-15/h3-12H,1-2H3,(H,24,26). The Hall–Kier alpha value is -3.11. The molecule has 0 fully saturated rings. The molecule has 3 aromatic carbocycles. The van der Waals surface area contributed by atoms with Gasteiger partial charge in [0.15, 0.2) is 5.58 Å². The van der Waals surface area contributed by atoms with E-state index >= 15 is 0 Å². The lowest BCUT2D eigenvalue weighted by Gasteiger charge is -2.06. The predicted octanol–water partition coefficient (Wildman–Crippen LogP) is 6.02. The van der Waals surface area contributed by atoms with Crippen molar-refractivity contribution < 1.29 is 9.21 Å². The molecule has 0 bridgehead atoms. The lowest BCUT2D eigenvalue weighted by molar-refractivity contribution is 0.102. The van der Waals surface area contributed by atoms with Gasteiger partial charge in [0.25, 0.3) is 5.91 Å². The molecule has 0 aliphatic rings. The van der Waals surface area contributed by atoms with Crippen LogP contribution in [0, 0.1) is 13.8 Å². The number of aryl methyl sites for hydroxylation is 2. The minimum Gasteiger partial charge on any atom is -0.436 e. The predicted molar refractivity (Wildman–Crippen MR) is 108 cm³/mol. The molecule has 0 atom stereocenters. The number of oxazole rings is 1. The van der Waals surface area contributed by atoms with E-state index in [1.807, 2.05) is 50.2 Å². The highest BCUT2D eigenvalue weighted by Gasteiger charge is 2.12. The highest BCUT2D eigenvalue weighted by atomic mass is 35.5. The van der Waals surface area contributed by atoms with Crippen molar-refractivity contribution in [3.05, 3.63) is 82.4 Å². The molecule has 1 N–H and O–H groups in total. The molecule has 4 nitrogen and oxygen atoms in total. The molecule has 4 aromatic rings. The van der Waals surface area contributed by atoms with E-state index in [1.54, 1.807) is 24.3 Å². The van der Waals surface area contributed by atoms with Crippen molar-refractivity contribution in [2.75, 3.05) is 5.32 Å². The molecule has 0 radical (unpaired) electrons. The second-order valence-corrected chi connectivity index (χ2v) is 6.84. The van der Waals surface area contributed by atoms with E-state index in [2.05, 4.69) is 10.3 Å². The molecular formula is C22H17ClN2O2. The van der Waals surface area contributed by atoms with Crippen LogP contribution in [0.4, 0.5) is 5.69 Å².